The summed E-state index contributed by atoms with van der Waals surface area (Å²) >= 11 is 8.15. The number of Topliss-reactive ketones (excluding diaryl/α,β-unsaturated/α-hetero) is 1. The number of halogens is 1. The van der Waals surface area contributed by atoms with Crippen LogP contribution in [0.15, 0.2) is 48.6 Å². The van der Waals surface area contributed by atoms with Crippen molar-refractivity contribution in [1.29, 1.82) is 0 Å². The van der Waals surface area contributed by atoms with Gasteiger partial charge in [0, 0.05) is 33.2 Å². The van der Waals surface area contributed by atoms with Crippen LogP contribution in [0.2, 0.25) is 5.02 Å². The van der Waals surface area contributed by atoms with Crippen LogP contribution in [0.1, 0.15) is 50.8 Å². The number of fused-ring (bicyclic) bond motifs is 1. The number of aliphatic hydroxyl groups is 6. The number of benzene rings is 1. The zero-order valence-corrected chi connectivity index (χ0v) is 26.9. The van der Waals surface area contributed by atoms with Gasteiger partial charge in [-0.15, -0.1) is 11.3 Å². The lowest BCUT2D eigenvalue weighted by Gasteiger charge is -2.39. The first kappa shape index (κ1) is 35.7. The molecule has 0 amide bonds. The van der Waals surface area contributed by atoms with Crippen molar-refractivity contribution < 1.29 is 49.7 Å². The van der Waals surface area contributed by atoms with Crippen molar-refractivity contribution in [2.75, 3.05) is 6.61 Å². The van der Waals surface area contributed by atoms with Gasteiger partial charge in [0.15, 0.2) is 0 Å². The summed E-state index contributed by atoms with van der Waals surface area (Å²) in [5.41, 5.74) is -0.933. The van der Waals surface area contributed by atoms with Crippen LogP contribution in [0.4, 0.5) is 0 Å². The van der Waals surface area contributed by atoms with Crippen LogP contribution in [0.5, 0.6) is 0 Å². The number of aryl methyl sites for hydroxylation is 1. The average Bonchev–Trinajstić information content (AvgIpc) is 3.42. The SMILES string of the molecule is CC1(C)C(=O)[C@H](C/C=C\CCCC(=O)OC2O[C@H](CO)[C@@H](O)[C@H](O)[C@H]2O)[C@@H](/C=C/C(O)CCc2sc3ccccc3c2Cl)[C@@H]1O. The predicted octanol–water partition coefficient (Wildman–Crippen LogP) is 3.07. The molecule has 1 saturated carbocycles. The molecule has 2 aliphatic rings. The minimum atomic E-state index is -1.65. The first-order valence-electron chi connectivity index (χ1n) is 15.3. The quantitative estimate of drug-likeness (QED) is 0.106. The van der Waals surface area contributed by atoms with Crippen LogP contribution in [0.25, 0.3) is 10.1 Å². The molecule has 2 heterocycles. The highest BCUT2D eigenvalue weighted by Gasteiger charge is 2.52. The Kier molecular flexibility index (Phi) is 12.4. The molecular formula is C33H43ClO10S. The molecule has 6 N–H and O–H groups in total. The molecule has 2 unspecified atom stereocenters. The zero-order chi connectivity index (χ0) is 32.9. The highest BCUT2D eigenvalue weighted by Crippen LogP contribution is 2.45. The first-order valence-corrected chi connectivity index (χ1v) is 16.5. The highest BCUT2D eigenvalue weighted by atomic mass is 35.5. The second-order valence-corrected chi connectivity index (χ2v) is 13.8. The van der Waals surface area contributed by atoms with E-state index in [9.17, 15) is 40.2 Å². The number of thiophene rings is 1. The molecule has 12 heteroatoms. The van der Waals surface area contributed by atoms with Crippen LogP contribution in [0, 0.1) is 17.3 Å². The van der Waals surface area contributed by atoms with Gasteiger partial charge in [-0.25, -0.2) is 0 Å². The van der Waals surface area contributed by atoms with Crippen molar-refractivity contribution in [3.8, 4) is 0 Å². The fraction of sp³-hybridized carbons (Fsp3) is 0.576. The number of unbranched alkanes of at least 4 members (excludes halogenated alkanes) is 1. The summed E-state index contributed by atoms with van der Waals surface area (Å²) in [5, 5.41) is 62.4. The van der Waals surface area contributed by atoms with Gasteiger partial charge in [0.1, 0.15) is 30.2 Å². The number of allylic oxidation sites excluding steroid dienone is 2. The molecule has 9 atom stereocenters. The number of hydrogen-bond acceptors (Lipinski definition) is 11. The summed E-state index contributed by atoms with van der Waals surface area (Å²) in [6.45, 7) is 2.83. The molecule has 10 nitrogen and oxygen atoms in total. The third-order valence-electron chi connectivity index (χ3n) is 8.77. The summed E-state index contributed by atoms with van der Waals surface area (Å²) < 4.78 is 11.4. The van der Waals surface area contributed by atoms with Gasteiger partial charge in [0.25, 0.3) is 0 Å². The standard InChI is InChI=1S/C33H43ClO10S/c1-33(2)30(41)19(9-5-3-4-6-12-25(37)44-32-29(40)28(39)27(38)22(17-35)43-32)20(31(33)42)15-13-18(36)14-16-24-26(34)21-10-7-8-11-23(21)45-24/h3,5,7-8,10-11,13,15,18-20,22,27-29,31-32,35-36,38-40,42H,4,6,9,12,14,16-17H2,1-2H3/b5-3-,15-13+/t18?,19-,20-,22-,27-,28+,29-,31+,32?/m1/s1. The van der Waals surface area contributed by atoms with E-state index < -0.39 is 72.7 Å². The lowest BCUT2D eigenvalue weighted by Crippen LogP contribution is -2.59. The van der Waals surface area contributed by atoms with Crippen LogP contribution >= 0.6 is 22.9 Å². The lowest BCUT2D eigenvalue weighted by atomic mass is 9.86. The van der Waals surface area contributed by atoms with E-state index in [1.807, 2.05) is 36.4 Å². The Bertz CT molecular complexity index is 1370. The maximum absolute atomic E-state index is 13.2. The van der Waals surface area contributed by atoms with E-state index in [-0.39, 0.29) is 12.2 Å². The summed E-state index contributed by atoms with van der Waals surface area (Å²) in [4.78, 5) is 26.4. The van der Waals surface area contributed by atoms with E-state index in [0.717, 1.165) is 15.0 Å². The van der Waals surface area contributed by atoms with Gasteiger partial charge in [-0.2, -0.15) is 0 Å². The molecule has 45 heavy (non-hydrogen) atoms. The first-order chi connectivity index (χ1) is 21.4. The molecule has 0 bridgehead atoms. The molecule has 4 rings (SSSR count). The topological polar surface area (TPSA) is 174 Å². The Balaban J connectivity index is 1.25. The second kappa shape index (κ2) is 15.6. The van der Waals surface area contributed by atoms with Gasteiger partial charge in [-0.3, -0.25) is 9.59 Å². The molecule has 1 aromatic carbocycles. The minimum Gasteiger partial charge on any atom is -0.433 e. The summed E-state index contributed by atoms with van der Waals surface area (Å²) in [6.07, 6.45) is 0.248. The van der Waals surface area contributed by atoms with E-state index in [1.54, 1.807) is 37.3 Å². The molecule has 1 aliphatic carbocycles. The molecule has 0 spiro atoms. The van der Waals surface area contributed by atoms with Gasteiger partial charge in [0.2, 0.25) is 6.29 Å². The normalized spacial score (nSPS) is 30.9. The molecule has 248 valence electrons. The summed E-state index contributed by atoms with van der Waals surface area (Å²) in [7, 11) is 0. The fourth-order valence-corrected chi connectivity index (χ4v) is 7.48. The lowest BCUT2D eigenvalue weighted by molar-refractivity contribution is -0.292. The smallest absolute Gasteiger partial charge is 0.308 e. The molecule has 1 aromatic heterocycles. The Morgan fingerprint density at radius 1 is 1.13 bits per heavy atom. The number of carbonyl (C=O) groups excluding carboxylic acids is 2. The Morgan fingerprint density at radius 2 is 1.87 bits per heavy atom. The number of carbonyl (C=O) groups is 2. The Hall–Kier alpha value is -2.19. The van der Waals surface area contributed by atoms with Gasteiger partial charge < -0.3 is 40.1 Å². The maximum atomic E-state index is 13.2. The van der Waals surface area contributed by atoms with Crippen molar-refractivity contribution in [1.82, 2.24) is 0 Å². The van der Waals surface area contributed by atoms with Crippen molar-refractivity contribution in [3.05, 3.63) is 58.5 Å². The number of ketones is 1. The maximum Gasteiger partial charge on any atom is 0.308 e. The number of aliphatic hydroxyl groups excluding tert-OH is 6. The third-order valence-corrected chi connectivity index (χ3v) is 10.5. The fourth-order valence-electron chi connectivity index (χ4n) is 5.94. The van der Waals surface area contributed by atoms with Crippen molar-refractivity contribution >= 4 is 44.8 Å². The number of ether oxygens (including phenoxy) is 2. The van der Waals surface area contributed by atoms with Crippen LogP contribution < -0.4 is 0 Å². The second-order valence-electron chi connectivity index (χ2n) is 12.3. The molecule has 0 radical (unpaired) electrons. The van der Waals surface area contributed by atoms with E-state index in [1.165, 1.54) is 0 Å². The van der Waals surface area contributed by atoms with Crippen LogP contribution in [-0.2, 0) is 25.5 Å². The van der Waals surface area contributed by atoms with E-state index in [2.05, 4.69) is 0 Å². The van der Waals surface area contributed by atoms with Gasteiger partial charge in [0.05, 0.1) is 29.3 Å². The van der Waals surface area contributed by atoms with Crippen LogP contribution in [-0.4, -0.2) is 91.9 Å². The Morgan fingerprint density at radius 3 is 2.58 bits per heavy atom. The molecule has 2 aromatic rings. The van der Waals surface area contributed by atoms with Crippen LogP contribution in [0.3, 0.4) is 0 Å². The predicted molar refractivity (Wildman–Crippen MR) is 170 cm³/mol. The van der Waals surface area contributed by atoms with Gasteiger partial charge in [-0.1, -0.05) is 68.0 Å². The highest BCUT2D eigenvalue weighted by molar-refractivity contribution is 7.19. The number of esters is 1. The van der Waals surface area contributed by atoms with E-state index in [4.69, 9.17) is 21.1 Å². The molecule has 2 fully saturated rings. The van der Waals surface area contributed by atoms with Crippen molar-refractivity contribution in [3.63, 3.8) is 0 Å². The van der Waals surface area contributed by atoms with Crippen molar-refractivity contribution in [2.45, 2.75) is 95.3 Å². The van der Waals surface area contributed by atoms with Gasteiger partial charge >= 0.3 is 5.97 Å². The monoisotopic (exact) mass is 666 g/mol. The summed E-state index contributed by atoms with van der Waals surface area (Å²) in [6, 6.07) is 7.90. The van der Waals surface area contributed by atoms with Gasteiger partial charge in [-0.05, 0) is 38.2 Å². The Labute approximate surface area is 271 Å². The molecule has 1 saturated heterocycles. The largest absolute Gasteiger partial charge is 0.433 e. The summed E-state index contributed by atoms with van der Waals surface area (Å²) in [5.74, 6) is -1.66. The van der Waals surface area contributed by atoms with E-state index in [0.29, 0.717) is 37.1 Å². The minimum absolute atomic E-state index is 0.0105. The van der Waals surface area contributed by atoms with Crippen molar-refractivity contribution in [2.24, 2.45) is 17.3 Å². The average molecular weight is 667 g/mol. The van der Waals surface area contributed by atoms with E-state index >= 15 is 0 Å². The third kappa shape index (κ3) is 8.22. The number of rotatable bonds is 13. The zero-order valence-electron chi connectivity index (χ0n) is 25.4. The molecular weight excluding hydrogens is 624 g/mol. The number of hydrogen-bond donors (Lipinski definition) is 6. The molecule has 1 aliphatic heterocycles.